The molecule has 1 aromatic rings. The van der Waals surface area contributed by atoms with Crippen molar-refractivity contribution in [3.63, 3.8) is 0 Å². The Morgan fingerprint density at radius 3 is 1.40 bits per heavy atom. The van der Waals surface area contributed by atoms with Gasteiger partial charge < -0.3 is 5.11 Å². The van der Waals surface area contributed by atoms with Crippen molar-refractivity contribution in [2.45, 2.75) is 13.8 Å². The van der Waals surface area contributed by atoms with Crippen LogP contribution in [-0.2, 0) is 0 Å². The summed E-state index contributed by atoms with van der Waals surface area (Å²) in [5, 5.41) is 7.00. The highest BCUT2D eigenvalue weighted by molar-refractivity contribution is 5.23. The highest BCUT2D eigenvalue weighted by atomic mass is 16.2. The maximum absolute atomic E-state index is 7.00. The van der Waals surface area contributed by atoms with Crippen molar-refractivity contribution < 1.29 is 5.11 Å². The van der Waals surface area contributed by atoms with Crippen molar-refractivity contribution >= 4 is 0 Å². The summed E-state index contributed by atoms with van der Waals surface area (Å²) in [6.07, 6.45) is 0. The molecule has 0 aliphatic heterocycles. The van der Waals surface area contributed by atoms with Gasteiger partial charge in [-0.25, -0.2) is 0 Å². The van der Waals surface area contributed by atoms with Crippen LogP contribution in [0.5, 0.6) is 0 Å². The number of rotatable bonds is 0. The molecule has 0 atom stereocenters. The summed E-state index contributed by atoms with van der Waals surface area (Å²) in [6, 6.07) is 8.36. The van der Waals surface area contributed by atoms with Crippen molar-refractivity contribution in [1.82, 2.24) is 0 Å². The molecule has 0 saturated carbocycles. The van der Waals surface area contributed by atoms with Crippen LogP contribution >= 0.6 is 0 Å². The fourth-order valence-corrected chi connectivity index (χ4v) is 0.663. The molecule has 0 bridgehead atoms. The standard InChI is InChI=1S/C8H10.CH4O/c1-7-5-3-4-6-8(7)2;1-2/h3-6H,1-2H3;2H,1H3. The molecule has 0 aromatic heterocycles. The normalized spacial score (nSPS) is 8.00. The minimum absolute atomic E-state index is 1.00. The minimum Gasteiger partial charge on any atom is -0.400 e. The first kappa shape index (κ1) is 9.18. The maximum Gasteiger partial charge on any atom is 0.0319 e. The second-order valence-electron chi connectivity index (χ2n) is 2.08. The van der Waals surface area contributed by atoms with Crippen molar-refractivity contribution in [2.75, 3.05) is 7.11 Å². The van der Waals surface area contributed by atoms with Gasteiger partial charge in [0.1, 0.15) is 0 Å². The zero-order valence-corrected chi connectivity index (χ0v) is 6.76. The molecule has 1 N–H and O–H groups in total. The van der Waals surface area contributed by atoms with Crippen molar-refractivity contribution in [2.24, 2.45) is 0 Å². The molecule has 0 unspecified atom stereocenters. The molecule has 0 saturated heterocycles. The van der Waals surface area contributed by atoms with Crippen LogP contribution in [0.3, 0.4) is 0 Å². The van der Waals surface area contributed by atoms with Crippen molar-refractivity contribution in [3.05, 3.63) is 35.4 Å². The zero-order valence-electron chi connectivity index (χ0n) is 6.76. The van der Waals surface area contributed by atoms with Crippen molar-refractivity contribution in [1.29, 1.82) is 0 Å². The predicted octanol–water partition coefficient (Wildman–Crippen LogP) is 1.91. The lowest BCUT2D eigenvalue weighted by Crippen LogP contribution is -1.74. The van der Waals surface area contributed by atoms with Gasteiger partial charge in [0.05, 0.1) is 0 Å². The van der Waals surface area contributed by atoms with Crippen LogP contribution in [0.15, 0.2) is 24.3 Å². The molecule has 0 radical (unpaired) electrons. The largest absolute Gasteiger partial charge is 0.400 e. The van der Waals surface area contributed by atoms with Gasteiger partial charge in [0.25, 0.3) is 0 Å². The van der Waals surface area contributed by atoms with Gasteiger partial charge in [-0.05, 0) is 25.0 Å². The second-order valence-corrected chi connectivity index (χ2v) is 2.08. The molecular weight excluding hydrogens is 124 g/mol. The van der Waals surface area contributed by atoms with Crippen LogP contribution in [0.1, 0.15) is 11.1 Å². The highest BCUT2D eigenvalue weighted by Crippen LogP contribution is 2.02. The van der Waals surface area contributed by atoms with Gasteiger partial charge in [-0.3, -0.25) is 0 Å². The summed E-state index contributed by atoms with van der Waals surface area (Å²) < 4.78 is 0. The quantitative estimate of drug-likeness (QED) is 0.580. The Bertz CT molecular complexity index is 161. The summed E-state index contributed by atoms with van der Waals surface area (Å²) in [4.78, 5) is 0. The third-order valence-electron chi connectivity index (χ3n) is 1.43. The fraction of sp³-hybridized carbons (Fsp3) is 0.333. The lowest BCUT2D eigenvalue weighted by molar-refractivity contribution is 0.399. The van der Waals surface area contributed by atoms with Crippen molar-refractivity contribution in [3.8, 4) is 0 Å². The van der Waals surface area contributed by atoms with Gasteiger partial charge in [-0.1, -0.05) is 24.3 Å². The third kappa shape index (κ3) is 2.65. The molecule has 0 fully saturated rings. The van der Waals surface area contributed by atoms with E-state index in [1.165, 1.54) is 11.1 Å². The van der Waals surface area contributed by atoms with Gasteiger partial charge in [-0.2, -0.15) is 0 Å². The molecule has 0 aliphatic carbocycles. The maximum atomic E-state index is 7.00. The van der Waals surface area contributed by atoms with E-state index in [0.717, 1.165) is 7.11 Å². The number of hydrogen-bond donors (Lipinski definition) is 1. The lowest BCUT2D eigenvalue weighted by atomic mass is 10.1. The Kier molecular flexibility index (Phi) is 4.59. The van der Waals surface area contributed by atoms with Crippen LogP contribution in [0, 0.1) is 13.8 Å². The van der Waals surface area contributed by atoms with Gasteiger partial charge in [-0.15, -0.1) is 0 Å². The van der Waals surface area contributed by atoms with Crippen LogP contribution in [0.4, 0.5) is 0 Å². The molecule has 0 spiro atoms. The number of benzene rings is 1. The summed E-state index contributed by atoms with van der Waals surface area (Å²) in [6.45, 7) is 4.24. The zero-order chi connectivity index (χ0) is 7.98. The Morgan fingerprint density at radius 2 is 1.20 bits per heavy atom. The Balaban J connectivity index is 0.000000371. The third-order valence-corrected chi connectivity index (χ3v) is 1.43. The van der Waals surface area contributed by atoms with E-state index in [-0.39, 0.29) is 0 Å². The monoisotopic (exact) mass is 138 g/mol. The van der Waals surface area contributed by atoms with E-state index in [4.69, 9.17) is 5.11 Å². The molecule has 1 nitrogen and oxygen atoms in total. The van der Waals surface area contributed by atoms with Gasteiger partial charge in [0.2, 0.25) is 0 Å². The molecule has 0 heterocycles. The van der Waals surface area contributed by atoms with Crippen LogP contribution in [-0.4, -0.2) is 12.2 Å². The average Bonchev–Trinajstić information content (AvgIpc) is 2.00. The van der Waals surface area contributed by atoms with Crippen LogP contribution in [0.2, 0.25) is 0 Å². The first-order valence-corrected chi connectivity index (χ1v) is 3.27. The Hall–Kier alpha value is -0.820. The Morgan fingerprint density at radius 1 is 0.900 bits per heavy atom. The van der Waals surface area contributed by atoms with Gasteiger partial charge in [0, 0.05) is 7.11 Å². The SMILES string of the molecule is CO.Cc1ccccc1C. The fourth-order valence-electron chi connectivity index (χ4n) is 0.663. The van der Waals surface area contributed by atoms with E-state index in [2.05, 4.69) is 38.1 Å². The van der Waals surface area contributed by atoms with E-state index in [0.29, 0.717) is 0 Å². The molecular formula is C9H14O. The summed E-state index contributed by atoms with van der Waals surface area (Å²) in [5.74, 6) is 0. The first-order valence-electron chi connectivity index (χ1n) is 3.27. The molecule has 1 aromatic carbocycles. The van der Waals surface area contributed by atoms with Gasteiger partial charge in [0.15, 0.2) is 0 Å². The van der Waals surface area contributed by atoms with E-state index in [1.807, 2.05) is 0 Å². The predicted molar refractivity (Wildman–Crippen MR) is 44.1 cm³/mol. The number of aliphatic hydroxyl groups is 1. The average molecular weight is 138 g/mol. The molecule has 10 heavy (non-hydrogen) atoms. The van der Waals surface area contributed by atoms with E-state index in [1.54, 1.807) is 0 Å². The molecule has 56 valence electrons. The summed E-state index contributed by atoms with van der Waals surface area (Å²) >= 11 is 0. The summed E-state index contributed by atoms with van der Waals surface area (Å²) in [5.41, 5.74) is 2.74. The second kappa shape index (κ2) is 5.00. The highest BCUT2D eigenvalue weighted by Gasteiger charge is 1.83. The minimum atomic E-state index is 1.00. The molecule has 0 amide bonds. The van der Waals surface area contributed by atoms with E-state index >= 15 is 0 Å². The number of aliphatic hydroxyl groups excluding tert-OH is 1. The summed E-state index contributed by atoms with van der Waals surface area (Å²) in [7, 11) is 1.00. The van der Waals surface area contributed by atoms with E-state index in [9.17, 15) is 0 Å². The Labute approximate surface area is 62.3 Å². The molecule has 0 aliphatic rings. The molecule has 1 heteroatoms. The topological polar surface area (TPSA) is 20.2 Å². The van der Waals surface area contributed by atoms with Gasteiger partial charge >= 0.3 is 0 Å². The van der Waals surface area contributed by atoms with Crippen LogP contribution < -0.4 is 0 Å². The number of hydrogen-bond acceptors (Lipinski definition) is 1. The van der Waals surface area contributed by atoms with E-state index < -0.39 is 0 Å². The smallest absolute Gasteiger partial charge is 0.0319 e. The first-order chi connectivity index (χ1) is 4.80. The van der Waals surface area contributed by atoms with Crippen LogP contribution in [0.25, 0.3) is 0 Å². The molecule has 1 rings (SSSR count). The lowest BCUT2D eigenvalue weighted by Gasteiger charge is -1.93. The number of aryl methyl sites for hydroxylation is 2.